The summed E-state index contributed by atoms with van der Waals surface area (Å²) in [5.41, 5.74) is 6.78. The van der Waals surface area contributed by atoms with Crippen molar-refractivity contribution in [1.29, 1.82) is 0 Å². The Labute approximate surface area is 116 Å². The van der Waals surface area contributed by atoms with E-state index in [4.69, 9.17) is 5.73 Å². The normalized spacial score (nSPS) is 11.3. The topological polar surface area (TPSA) is 80.2 Å². The number of aliphatic hydroxyl groups is 1. The van der Waals surface area contributed by atoms with E-state index in [1.54, 1.807) is 12.4 Å². The summed E-state index contributed by atoms with van der Waals surface area (Å²) in [7, 11) is 0. The molecule has 0 aliphatic carbocycles. The first-order chi connectivity index (χ1) is 9.22. The van der Waals surface area contributed by atoms with E-state index in [0.717, 1.165) is 30.2 Å². The second-order valence-electron chi connectivity index (χ2n) is 4.24. The van der Waals surface area contributed by atoms with Gasteiger partial charge in [0.1, 0.15) is 0 Å². The maximum atomic E-state index is 9.17. The maximum absolute atomic E-state index is 9.17. The minimum atomic E-state index is 0.133. The van der Waals surface area contributed by atoms with Crippen LogP contribution in [0.1, 0.15) is 17.5 Å². The molecule has 0 bridgehead atoms. The fourth-order valence-electron chi connectivity index (χ4n) is 1.98. The molecule has 0 aromatic carbocycles. The van der Waals surface area contributed by atoms with Crippen molar-refractivity contribution in [2.24, 2.45) is 0 Å². The summed E-state index contributed by atoms with van der Waals surface area (Å²) in [6.07, 6.45) is 3.60. The minimum Gasteiger partial charge on any atom is -0.395 e. The fourth-order valence-corrected chi connectivity index (χ4v) is 2.71. The third-order valence-corrected chi connectivity index (χ3v) is 3.67. The van der Waals surface area contributed by atoms with Gasteiger partial charge in [-0.05, 0) is 13.0 Å². The number of hydrogen-bond acceptors (Lipinski definition) is 6. The van der Waals surface area contributed by atoms with E-state index in [-0.39, 0.29) is 6.61 Å². The lowest BCUT2D eigenvalue weighted by molar-refractivity contribution is 0.182. The van der Waals surface area contributed by atoms with Gasteiger partial charge in [0.2, 0.25) is 0 Å². The molecule has 0 aliphatic rings. The van der Waals surface area contributed by atoms with Crippen molar-refractivity contribution < 1.29 is 5.11 Å². The Morgan fingerprint density at radius 3 is 2.95 bits per heavy atom. The highest BCUT2D eigenvalue weighted by atomic mass is 32.1. The number of aliphatic hydroxyl groups excluding tert-OH is 1. The lowest BCUT2D eigenvalue weighted by Gasteiger charge is -2.20. The minimum absolute atomic E-state index is 0.133. The molecule has 104 valence electrons. The van der Waals surface area contributed by atoms with Crippen molar-refractivity contribution in [3.05, 3.63) is 29.0 Å². The van der Waals surface area contributed by atoms with E-state index >= 15 is 0 Å². The summed E-state index contributed by atoms with van der Waals surface area (Å²) < 4.78 is 1.96. The van der Waals surface area contributed by atoms with Crippen molar-refractivity contribution in [2.45, 2.75) is 26.6 Å². The molecule has 0 saturated heterocycles. The summed E-state index contributed by atoms with van der Waals surface area (Å²) in [4.78, 5) is 7.32. The van der Waals surface area contributed by atoms with Crippen LogP contribution in [0.5, 0.6) is 0 Å². The Kier molecular flexibility index (Phi) is 4.89. The first kappa shape index (κ1) is 14.0. The van der Waals surface area contributed by atoms with Gasteiger partial charge in [0.15, 0.2) is 5.13 Å². The van der Waals surface area contributed by atoms with Gasteiger partial charge < -0.3 is 10.8 Å². The molecule has 2 rings (SSSR count). The van der Waals surface area contributed by atoms with Crippen LogP contribution in [0.4, 0.5) is 5.13 Å². The first-order valence-corrected chi connectivity index (χ1v) is 7.08. The van der Waals surface area contributed by atoms with Gasteiger partial charge >= 0.3 is 0 Å². The summed E-state index contributed by atoms with van der Waals surface area (Å²) in [5, 5.41) is 14.0. The second kappa shape index (κ2) is 6.65. The number of nitrogen functional groups attached to an aromatic ring is 1. The summed E-state index contributed by atoms with van der Waals surface area (Å²) in [5.74, 6) is 0. The molecule has 0 fully saturated rings. The van der Waals surface area contributed by atoms with E-state index in [2.05, 4.69) is 21.9 Å². The van der Waals surface area contributed by atoms with Gasteiger partial charge in [-0.3, -0.25) is 9.58 Å². The van der Waals surface area contributed by atoms with Crippen molar-refractivity contribution in [1.82, 2.24) is 19.7 Å². The number of thiazole rings is 1. The number of hydrogen-bond donors (Lipinski definition) is 2. The molecule has 2 heterocycles. The fraction of sp³-hybridized carbons (Fsp3) is 0.500. The Hall–Kier alpha value is -1.44. The molecule has 6 nitrogen and oxygen atoms in total. The van der Waals surface area contributed by atoms with Crippen molar-refractivity contribution in [3.63, 3.8) is 0 Å². The smallest absolute Gasteiger partial charge is 0.180 e. The highest BCUT2D eigenvalue weighted by molar-refractivity contribution is 7.15. The summed E-state index contributed by atoms with van der Waals surface area (Å²) in [6.45, 7) is 5.16. The Morgan fingerprint density at radius 2 is 2.32 bits per heavy atom. The van der Waals surface area contributed by atoms with E-state index < -0.39 is 0 Å². The number of aromatic nitrogens is 3. The zero-order valence-corrected chi connectivity index (χ0v) is 11.8. The Morgan fingerprint density at radius 1 is 1.47 bits per heavy atom. The number of rotatable bonds is 7. The molecule has 0 amide bonds. The van der Waals surface area contributed by atoms with Crippen LogP contribution in [0, 0.1) is 0 Å². The lowest BCUT2D eigenvalue weighted by Crippen LogP contribution is -2.27. The van der Waals surface area contributed by atoms with Crippen LogP contribution < -0.4 is 5.73 Å². The van der Waals surface area contributed by atoms with Gasteiger partial charge in [-0.25, -0.2) is 4.98 Å². The first-order valence-electron chi connectivity index (χ1n) is 6.27. The molecule has 0 aliphatic heterocycles. The van der Waals surface area contributed by atoms with E-state index in [1.165, 1.54) is 11.3 Å². The molecular weight excluding hydrogens is 262 g/mol. The van der Waals surface area contributed by atoms with Crippen LogP contribution in [0.25, 0.3) is 0 Å². The van der Waals surface area contributed by atoms with E-state index in [1.807, 2.05) is 10.7 Å². The van der Waals surface area contributed by atoms with Gasteiger partial charge in [0.05, 0.1) is 12.3 Å². The molecule has 0 saturated carbocycles. The molecular formula is C12H19N5OS. The standard InChI is InChI=1S/C12H19N5OS/c1-2-17-10(3-4-15-17)8-16(5-6-18)9-11-7-14-12(13)19-11/h3-4,7,18H,2,5-6,8-9H2,1H3,(H2,13,14). The zero-order valence-electron chi connectivity index (χ0n) is 11.0. The predicted octanol–water partition coefficient (Wildman–Crippen LogP) is 0.936. The second-order valence-corrected chi connectivity index (χ2v) is 5.38. The van der Waals surface area contributed by atoms with Crippen molar-refractivity contribution >= 4 is 16.5 Å². The maximum Gasteiger partial charge on any atom is 0.180 e. The quantitative estimate of drug-likeness (QED) is 0.789. The van der Waals surface area contributed by atoms with Gasteiger partial charge in [-0.15, -0.1) is 11.3 Å². The summed E-state index contributed by atoms with van der Waals surface area (Å²) in [6, 6.07) is 2.01. The van der Waals surface area contributed by atoms with Gasteiger partial charge in [0, 0.05) is 43.4 Å². The zero-order chi connectivity index (χ0) is 13.7. The molecule has 2 aromatic heterocycles. The molecule has 0 spiro atoms. The molecule has 19 heavy (non-hydrogen) atoms. The molecule has 2 aromatic rings. The monoisotopic (exact) mass is 281 g/mol. The van der Waals surface area contributed by atoms with Crippen LogP contribution in [-0.2, 0) is 19.6 Å². The summed E-state index contributed by atoms with van der Waals surface area (Å²) >= 11 is 1.49. The Bertz CT molecular complexity index is 510. The highest BCUT2D eigenvalue weighted by Crippen LogP contribution is 2.17. The molecule has 3 N–H and O–H groups in total. The van der Waals surface area contributed by atoms with Crippen molar-refractivity contribution in [3.8, 4) is 0 Å². The molecule has 0 atom stereocenters. The van der Waals surface area contributed by atoms with Crippen LogP contribution in [0.2, 0.25) is 0 Å². The number of nitrogens with zero attached hydrogens (tertiary/aromatic N) is 4. The average molecular weight is 281 g/mol. The van der Waals surface area contributed by atoms with Crippen LogP contribution in [0.15, 0.2) is 18.5 Å². The van der Waals surface area contributed by atoms with Crippen LogP contribution >= 0.6 is 11.3 Å². The molecule has 7 heteroatoms. The predicted molar refractivity (Wildman–Crippen MR) is 75.6 cm³/mol. The third-order valence-electron chi connectivity index (χ3n) is 2.86. The number of nitrogens with two attached hydrogens (primary N) is 1. The SMILES string of the molecule is CCn1nccc1CN(CCO)Cc1cnc(N)s1. The number of anilines is 1. The van der Waals surface area contributed by atoms with Gasteiger partial charge in [-0.2, -0.15) is 5.10 Å². The molecule has 0 radical (unpaired) electrons. The van der Waals surface area contributed by atoms with Crippen LogP contribution in [-0.4, -0.2) is 37.9 Å². The molecule has 0 unspecified atom stereocenters. The van der Waals surface area contributed by atoms with Crippen LogP contribution in [0.3, 0.4) is 0 Å². The average Bonchev–Trinajstić information content (AvgIpc) is 2.99. The van der Waals surface area contributed by atoms with Gasteiger partial charge in [-0.1, -0.05) is 0 Å². The Balaban J connectivity index is 2.03. The van der Waals surface area contributed by atoms with E-state index in [0.29, 0.717) is 11.7 Å². The highest BCUT2D eigenvalue weighted by Gasteiger charge is 2.11. The number of aryl methyl sites for hydroxylation is 1. The van der Waals surface area contributed by atoms with Crippen molar-refractivity contribution in [2.75, 3.05) is 18.9 Å². The third kappa shape index (κ3) is 3.76. The largest absolute Gasteiger partial charge is 0.395 e. The van der Waals surface area contributed by atoms with E-state index in [9.17, 15) is 5.11 Å². The van der Waals surface area contributed by atoms with Gasteiger partial charge in [0.25, 0.3) is 0 Å². The lowest BCUT2D eigenvalue weighted by atomic mass is 10.3.